The monoisotopic (exact) mass is 300 g/mol. The number of rotatable bonds is 7. The van der Waals surface area contributed by atoms with Gasteiger partial charge in [-0.25, -0.2) is 8.78 Å². The smallest absolute Gasteiger partial charge is 0.306 e. The fraction of sp³-hybridized carbons (Fsp3) is 0.467. The van der Waals surface area contributed by atoms with Crippen LogP contribution in [0, 0.1) is 11.6 Å². The summed E-state index contributed by atoms with van der Waals surface area (Å²) in [4.78, 5) is 22.8. The van der Waals surface area contributed by atoms with E-state index in [1.165, 1.54) is 13.0 Å². The van der Waals surface area contributed by atoms with Crippen molar-refractivity contribution in [1.82, 2.24) is 0 Å². The van der Waals surface area contributed by atoms with Crippen molar-refractivity contribution in [3.05, 3.63) is 35.4 Å². The van der Waals surface area contributed by atoms with Crippen molar-refractivity contribution in [2.75, 3.05) is 6.61 Å². The summed E-state index contributed by atoms with van der Waals surface area (Å²) in [5, 5.41) is 0. The van der Waals surface area contributed by atoms with E-state index in [9.17, 15) is 18.4 Å². The minimum Gasteiger partial charge on any atom is -0.466 e. The zero-order chi connectivity index (χ0) is 15.8. The number of hydrogen-bond donors (Lipinski definition) is 0. The Morgan fingerprint density at radius 1 is 1.14 bits per heavy atom. The van der Waals surface area contributed by atoms with E-state index in [1.807, 2.05) is 6.92 Å². The molecule has 1 atom stereocenters. The first-order valence-corrected chi connectivity index (χ1v) is 6.74. The van der Waals surface area contributed by atoms with Crippen molar-refractivity contribution in [3.63, 3.8) is 0 Å². The van der Waals surface area contributed by atoms with E-state index in [4.69, 9.17) is 9.47 Å². The zero-order valence-corrected chi connectivity index (χ0v) is 12.0. The second kappa shape index (κ2) is 8.34. The third kappa shape index (κ3) is 5.49. The average Bonchev–Trinajstić information content (AvgIpc) is 2.42. The van der Waals surface area contributed by atoms with Gasteiger partial charge in [0.25, 0.3) is 0 Å². The van der Waals surface area contributed by atoms with Gasteiger partial charge in [0, 0.05) is 0 Å². The standard InChI is InChI=1S/C15H18F2O4/c1-3-9-20-13(18)7-8-14(19)21-10(2)15-11(16)5-4-6-12(15)17/h4-6,10H,3,7-9H2,1-2H3. The molecule has 0 fully saturated rings. The highest BCUT2D eigenvalue weighted by molar-refractivity contribution is 5.77. The van der Waals surface area contributed by atoms with Crippen molar-refractivity contribution in [2.45, 2.75) is 39.2 Å². The molecular formula is C15H18F2O4. The van der Waals surface area contributed by atoms with E-state index in [-0.39, 0.29) is 18.4 Å². The Bertz CT molecular complexity index is 482. The Balaban J connectivity index is 2.49. The largest absolute Gasteiger partial charge is 0.466 e. The lowest BCUT2D eigenvalue weighted by atomic mass is 10.1. The van der Waals surface area contributed by atoms with E-state index in [1.54, 1.807) is 0 Å². The second-order valence-corrected chi connectivity index (χ2v) is 4.49. The molecular weight excluding hydrogens is 282 g/mol. The summed E-state index contributed by atoms with van der Waals surface area (Å²) in [6.07, 6.45) is -0.681. The molecule has 0 aliphatic carbocycles. The van der Waals surface area contributed by atoms with Crippen LogP contribution in [0.25, 0.3) is 0 Å². The zero-order valence-electron chi connectivity index (χ0n) is 12.0. The first-order chi connectivity index (χ1) is 9.95. The molecule has 0 amide bonds. The summed E-state index contributed by atoms with van der Waals surface area (Å²) in [6.45, 7) is 3.52. The van der Waals surface area contributed by atoms with Crippen LogP contribution in [0.5, 0.6) is 0 Å². The second-order valence-electron chi connectivity index (χ2n) is 4.49. The highest BCUT2D eigenvalue weighted by Gasteiger charge is 2.20. The first-order valence-electron chi connectivity index (χ1n) is 6.74. The minimum absolute atomic E-state index is 0.120. The van der Waals surface area contributed by atoms with Crippen LogP contribution in [0.3, 0.4) is 0 Å². The molecule has 0 saturated heterocycles. The molecule has 1 unspecified atom stereocenters. The minimum atomic E-state index is -1.06. The molecule has 1 aromatic rings. The fourth-order valence-corrected chi connectivity index (χ4v) is 1.71. The summed E-state index contributed by atoms with van der Waals surface area (Å²) in [5.41, 5.74) is -0.306. The third-order valence-electron chi connectivity index (χ3n) is 2.71. The number of esters is 2. The van der Waals surface area contributed by atoms with E-state index >= 15 is 0 Å². The SMILES string of the molecule is CCCOC(=O)CCC(=O)OC(C)c1c(F)cccc1F. The van der Waals surface area contributed by atoms with Gasteiger partial charge >= 0.3 is 11.9 Å². The highest BCUT2D eigenvalue weighted by Crippen LogP contribution is 2.23. The van der Waals surface area contributed by atoms with E-state index in [2.05, 4.69) is 0 Å². The summed E-state index contributed by atoms with van der Waals surface area (Å²) < 4.78 is 36.7. The lowest BCUT2D eigenvalue weighted by Crippen LogP contribution is -2.14. The number of ether oxygens (including phenoxy) is 2. The molecule has 0 bridgehead atoms. The van der Waals surface area contributed by atoms with Gasteiger partial charge in [-0.15, -0.1) is 0 Å². The van der Waals surface area contributed by atoms with Crippen LogP contribution in [0.2, 0.25) is 0 Å². The molecule has 0 saturated carbocycles. The van der Waals surface area contributed by atoms with Gasteiger partial charge in [0.1, 0.15) is 17.7 Å². The van der Waals surface area contributed by atoms with Gasteiger partial charge in [0.15, 0.2) is 0 Å². The fourth-order valence-electron chi connectivity index (χ4n) is 1.71. The van der Waals surface area contributed by atoms with Crippen molar-refractivity contribution in [2.24, 2.45) is 0 Å². The van der Waals surface area contributed by atoms with E-state index in [0.29, 0.717) is 13.0 Å². The summed E-state index contributed by atoms with van der Waals surface area (Å²) in [7, 11) is 0. The molecule has 4 nitrogen and oxygen atoms in total. The summed E-state index contributed by atoms with van der Waals surface area (Å²) in [5.74, 6) is -2.77. The van der Waals surface area contributed by atoms with Crippen LogP contribution in [0.4, 0.5) is 8.78 Å². The molecule has 116 valence electrons. The molecule has 0 aliphatic rings. The molecule has 0 aliphatic heterocycles. The lowest BCUT2D eigenvalue weighted by Gasteiger charge is -2.15. The van der Waals surface area contributed by atoms with Crippen molar-refractivity contribution in [3.8, 4) is 0 Å². The molecule has 21 heavy (non-hydrogen) atoms. The summed E-state index contributed by atoms with van der Waals surface area (Å²) in [6, 6.07) is 3.40. The molecule has 1 aromatic carbocycles. The van der Waals surface area contributed by atoms with Gasteiger partial charge in [-0.05, 0) is 25.5 Å². The maximum Gasteiger partial charge on any atom is 0.306 e. The molecule has 0 radical (unpaired) electrons. The van der Waals surface area contributed by atoms with Gasteiger partial charge < -0.3 is 9.47 Å². The van der Waals surface area contributed by atoms with Crippen LogP contribution in [-0.2, 0) is 19.1 Å². The Kier molecular flexibility index (Phi) is 6.78. The van der Waals surface area contributed by atoms with Crippen LogP contribution in [0.1, 0.15) is 44.8 Å². The van der Waals surface area contributed by atoms with Gasteiger partial charge in [0.05, 0.1) is 25.0 Å². The normalized spacial score (nSPS) is 11.8. The molecule has 1 rings (SSSR count). The number of carbonyl (C=O) groups excluding carboxylic acids is 2. The highest BCUT2D eigenvalue weighted by atomic mass is 19.1. The summed E-state index contributed by atoms with van der Waals surface area (Å²) >= 11 is 0. The van der Waals surface area contributed by atoms with Gasteiger partial charge in [-0.1, -0.05) is 13.0 Å². The third-order valence-corrected chi connectivity index (χ3v) is 2.71. The maximum absolute atomic E-state index is 13.5. The maximum atomic E-state index is 13.5. The number of halogens is 2. The lowest BCUT2D eigenvalue weighted by molar-refractivity contribution is -0.153. The average molecular weight is 300 g/mol. The molecule has 0 N–H and O–H groups in total. The number of hydrogen-bond acceptors (Lipinski definition) is 4. The van der Waals surface area contributed by atoms with Crippen LogP contribution < -0.4 is 0 Å². The van der Waals surface area contributed by atoms with E-state index < -0.39 is 29.7 Å². The van der Waals surface area contributed by atoms with Crippen LogP contribution in [-0.4, -0.2) is 18.5 Å². The molecule has 0 aromatic heterocycles. The number of carbonyl (C=O) groups is 2. The Labute approximate surface area is 122 Å². The molecule has 6 heteroatoms. The predicted molar refractivity (Wildman–Crippen MR) is 71.3 cm³/mol. The molecule has 0 spiro atoms. The molecule has 0 heterocycles. The topological polar surface area (TPSA) is 52.6 Å². The van der Waals surface area contributed by atoms with E-state index in [0.717, 1.165) is 12.1 Å². The Hall–Kier alpha value is -1.98. The quantitative estimate of drug-likeness (QED) is 0.725. The van der Waals surface area contributed by atoms with Crippen LogP contribution in [0.15, 0.2) is 18.2 Å². The predicted octanol–water partition coefficient (Wildman–Crippen LogP) is 3.30. The van der Waals surface area contributed by atoms with Gasteiger partial charge in [-0.2, -0.15) is 0 Å². The van der Waals surface area contributed by atoms with Crippen molar-refractivity contribution in [1.29, 1.82) is 0 Å². The van der Waals surface area contributed by atoms with Gasteiger partial charge in [0.2, 0.25) is 0 Å². The van der Waals surface area contributed by atoms with Crippen molar-refractivity contribution >= 4 is 11.9 Å². The van der Waals surface area contributed by atoms with Crippen LogP contribution >= 0.6 is 0 Å². The Morgan fingerprint density at radius 2 is 1.71 bits per heavy atom. The van der Waals surface area contributed by atoms with Crippen molar-refractivity contribution < 1.29 is 27.8 Å². The number of benzene rings is 1. The first kappa shape index (κ1) is 17.1. The Morgan fingerprint density at radius 3 is 2.29 bits per heavy atom. The van der Waals surface area contributed by atoms with Gasteiger partial charge in [-0.3, -0.25) is 9.59 Å².